The van der Waals surface area contributed by atoms with Gasteiger partial charge in [0.15, 0.2) is 0 Å². The van der Waals surface area contributed by atoms with Crippen molar-refractivity contribution in [2.75, 3.05) is 13.6 Å². The molecule has 0 fully saturated rings. The molecule has 0 aliphatic rings. The average Bonchev–Trinajstić information content (AvgIpc) is 2.85. The number of likely N-dealkylation sites (N-methyl/N-ethyl adjacent to an activating group) is 1. The summed E-state index contributed by atoms with van der Waals surface area (Å²) in [4.78, 5) is 23.1. The number of benzene rings is 1. The second-order valence-corrected chi connectivity index (χ2v) is 5.75. The van der Waals surface area contributed by atoms with Gasteiger partial charge in [-0.05, 0) is 36.1 Å². The van der Waals surface area contributed by atoms with Crippen molar-refractivity contribution in [3.63, 3.8) is 0 Å². The van der Waals surface area contributed by atoms with E-state index in [1.807, 2.05) is 6.07 Å². The number of nitrogens with one attached hydrogen (secondary N) is 2. The van der Waals surface area contributed by atoms with Gasteiger partial charge in [-0.1, -0.05) is 13.8 Å². The minimum atomic E-state index is -0.219. The molecule has 0 aliphatic heterocycles. The Balaban J connectivity index is 2.19. The van der Waals surface area contributed by atoms with Gasteiger partial charge >= 0.3 is 0 Å². The Kier molecular flexibility index (Phi) is 4.85. The van der Waals surface area contributed by atoms with Crippen LogP contribution in [0.3, 0.4) is 0 Å². The quantitative estimate of drug-likeness (QED) is 0.890. The predicted molar refractivity (Wildman–Crippen MR) is 85.8 cm³/mol. The fraction of sp³-hybridized carbons (Fsp3) is 0.412. The monoisotopic (exact) mass is 302 g/mol. The molecular formula is C17H22N2O3. The zero-order valence-electron chi connectivity index (χ0n) is 13.4. The maximum absolute atomic E-state index is 11.9. The molecule has 2 N–H and O–H groups in total. The van der Waals surface area contributed by atoms with Gasteiger partial charge in [0.2, 0.25) is 11.8 Å². The SMILES string of the molecule is CNC(=O)CNC(=O)Cc1coc2cc(C)c(C(C)C)cc12. The summed E-state index contributed by atoms with van der Waals surface area (Å²) in [7, 11) is 1.54. The molecule has 1 heterocycles. The van der Waals surface area contributed by atoms with Gasteiger partial charge in [-0.25, -0.2) is 0 Å². The van der Waals surface area contributed by atoms with E-state index < -0.39 is 0 Å². The largest absolute Gasteiger partial charge is 0.464 e. The Labute approximate surface area is 130 Å². The third-order valence-corrected chi connectivity index (χ3v) is 3.74. The number of carbonyl (C=O) groups is 2. The second-order valence-electron chi connectivity index (χ2n) is 5.75. The van der Waals surface area contributed by atoms with Crippen LogP contribution in [0.15, 0.2) is 22.8 Å². The number of hydrogen-bond acceptors (Lipinski definition) is 3. The Hall–Kier alpha value is -2.30. The van der Waals surface area contributed by atoms with Crippen molar-refractivity contribution < 1.29 is 14.0 Å². The number of fused-ring (bicyclic) bond motifs is 1. The minimum Gasteiger partial charge on any atom is -0.464 e. The van der Waals surface area contributed by atoms with Crippen LogP contribution in [0.2, 0.25) is 0 Å². The molecule has 2 amide bonds. The predicted octanol–water partition coefficient (Wildman–Crippen LogP) is 2.27. The molecule has 22 heavy (non-hydrogen) atoms. The van der Waals surface area contributed by atoms with E-state index in [0.717, 1.165) is 16.5 Å². The highest BCUT2D eigenvalue weighted by Gasteiger charge is 2.14. The lowest BCUT2D eigenvalue weighted by Gasteiger charge is -2.10. The van der Waals surface area contributed by atoms with Crippen molar-refractivity contribution >= 4 is 22.8 Å². The smallest absolute Gasteiger partial charge is 0.239 e. The van der Waals surface area contributed by atoms with E-state index in [4.69, 9.17) is 4.42 Å². The van der Waals surface area contributed by atoms with Crippen LogP contribution in [0, 0.1) is 6.92 Å². The molecular weight excluding hydrogens is 280 g/mol. The van der Waals surface area contributed by atoms with Gasteiger partial charge in [0.1, 0.15) is 5.58 Å². The van der Waals surface area contributed by atoms with Crippen molar-refractivity contribution in [3.8, 4) is 0 Å². The molecule has 0 saturated heterocycles. The summed E-state index contributed by atoms with van der Waals surface area (Å²) in [5.41, 5.74) is 4.07. The summed E-state index contributed by atoms with van der Waals surface area (Å²) >= 11 is 0. The van der Waals surface area contributed by atoms with Crippen molar-refractivity contribution in [3.05, 3.63) is 35.1 Å². The Morgan fingerprint density at radius 3 is 2.59 bits per heavy atom. The molecule has 0 bridgehead atoms. The molecule has 2 aromatic rings. The maximum Gasteiger partial charge on any atom is 0.239 e. The Bertz CT molecular complexity index is 701. The molecule has 2 rings (SSSR count). The molecule has 5 nitrogen and oxygen atoms in total. The maximum atomic E-state index is 11.9. The highest BCUT2D eigenvalue weighted by Crippen LogP contribution is 2.29. The molecule has 0 aliphatic carbocycles. The Morgan fingerprint density at radius 2 is 1.95 bits per heavy atom. The lowest BCUT2D eigenvalue weighted by molar-refractivity contribution is -0.125. The van der Waals surface area contributed by atoms with Crippen LogP contribution >= 0.6 is 0 Å². The first kappa shape index (κ1) is 16.1. The van der Waals surface area contributed by atoms with E-state index in [1.165, 1.54) is 18.2 Å². The van der Waals surface area contributed by atoms with E-state index in [1.54, 1.807) is 6.26 Å². The van der Waals surface area contributed by atoms with Crippen LogP contribution < -0.4 is 10.6 Å². The summed E-state index contributed by atoms with van der Waals surface area (Å²) in [5, 5.41) is 6.02. The molecule has 0 spiro atoms. The van der Waals surface area contributed by atoms with E-state index in [0.29, 0.717) is 5.92 Å². The number of aryl methyl sites for hydroxylation is 1. The first-order valence-electron chi connectivity index (χ1n) is 7.40. The molecule has 1 aromatic heterocycles. The zero-order chi connectivity index (χ0) is 16.3. The van der Waals surface area contributed by atoms with Crippen LogP contribution in [0.5, 0.6) is 0 Å². The molecule has 5 heteroatoms. The van der Waals surface area contributed by atoms with Gasteiger partial charge in [-0.3, -0.25) is 9.59 Å². The molecule has 0 atom stereocenters. The van der Waals surface area contributed by atoms with Crippen LogP contribution in [0.25, 0.3) is 11.0 Å². The second kappa shape index (κ2) is 6.64. The van der Waals surface area contributed by atoms with Gasteiger partial charge < -0.3 is 15.1 Å². The van der Waals surface area contributed by atoms with Crippen molar-refractivity contribution in [1.82, 2.24) is 10.6 Å². The van der Waals surface area contributed by atoms with Gasteiger partial charge in [-0.2, -0.15) is 0 Å². The molecule has 0 unspecified atom stereocenters. The number of carbonyl (C=O) groups excluding carboxylic acids is 2. The standard InChI is InChI=1S/C17H22N2O3/c1-10(2)13-7-14-12(9-22-15(14)5-11(13)3)6-16(20)19-8-17(21)18-4/h5,7,9-10H,6,8H2,1-4H3,(H,18,21)(H,19,20). The van der Waals surface area contributed by atoms with Gasteiger partial charge in [0, 0.05) is 18.0 Å². The summed E-state index contributed by atoms with van der Waals surface area (Å²) < 4.78 is 5.55. The topological polar surface area (TPSA) is 71.3 Å². The van der Waals surface area contributed by atoms with E-state index in [2.05, 4.69) is 37.5 Å². The highest BCUT2D eigenvalue weighted by molar-refractivity contribution is 5.90. The number of furan rings is 1. The van der Waals surface area contributed by atoms with Gasteiger partial charge in [0.25, 0.3) is 0 Å². The van der Waals surface area contributed by atoms with Crippen molar-refractivity contribution in [2.45, 2.75) is 33.1 Å². The minimum absolute atomic E-state index is 0.0124. The van der Waals surface area contributed by atoms with Gasteiger partial charge in [-0.15, -0.1) is 0 Å². The summed E-state index contributed by atoms with van der Waals surface area (Å²) in [6, 6.07) is 4.11. The van der Waals surface area contributed by atoms with E-state index >= 15 is 0 Å². The third kappa shape index (κ3) is 3.47. The summed E-state index contributed by atoms with van der Waals surface area (Å²) in [6.45, 7) is 6.34. The number of amides is 2. The zero-order valence-corrected chi connectivity index (χ0v) is 13.4. The fourth-order valence-electron chi connectivity index (χ4n) is 2.51. The van der Waals surface area contributed by atoms with E-state index in [-0.39, 0.29) is 24.8 Å². The lowest BCUT2D eigenvalue weighted by atomic mass is 9.95. The van der Waals surface area contributed by atoms with Crippen LogP contribution in [-0.4, -0.2) is 25.4 Å². The summed E-state index contributed by atoms with van der Waals surface area (Å²) in [6.07, 6.45) is 1.82. The fourth-order valence-corrected chi connectivity index (χ4v) is 2.51. The first-order chi connectivity index (χ1) is 10.4. The average molecular weight is 302 g/mol. The lowest BCUT2D eigenvalue weighted by Crippen LogP contribution is -2.35. The number of rotatable bonds is 5. The first-order valence-corrected chi connectivity index (χ1v) is 7.40. The molecule has 118 valence electrons. The number of hydrogen-bond donors (Lipinski definition) is 2. The summed E-state index contributed by atoms with van der Waals surface area (Å²) in [5.74, 6) is -0.00433. The van der Waals surface area contributed by atoms with Crippen LogP contribution in [0.4, 0.5) is 0 Å². The van der Waals surface area contributed by atoms with E-state index in [9.17, 15) is 9.59 Å². The van der Waals surface area contributed by atoms with Crippen LogP contribution in [-0.2, 0) is 16.0 Å². The highest BCUT2D eigenvalue weighted by atomic mass is 16.3. The molecule has 0 saturated carbocycles. The Morgan fingerprint density at radius 1 is 1.23 bits per heavy atom. The van der Waals surface area contributed by atoms with Gasteiger partial charge in [0.05, 0.1) is 19.2 Å². The third-order valence-electron chi connectivity index (χ3n) is 3.74. The van der Waals surface area contributed by atoms with Crippen LogP contribution in [0.1, 0.15) is 36.5 Å². The molecule has 0 radical (unpaired) electrons. The normalized spacial score (nSPS) is 11.0. The van der Waals surface area contributed by atoms with Crippen molar-refractivity contribution in [2.24, 2.45) is 0 Å². The molecule has 1 aromatic carbocycles. The van der Waals surface area contributed by atoms with Crippen molar-refractivity contribution in [1.29, 1.82) is 0 Å².